The summed E-state index contributed by atoms with van der Waals surface area (Å²) in [6.07, 6.45) is 1.96. The molecule has 0 aliphatic carbocycles. The molecule has 4 rings (SSSR count). The summed E-state index contributed by atoms with van der Waals surface area (Å²) in [5, 5.41) is 3.05. The van der Waals surface area contributed by atoms with Crippen LogP contribution in [0.3, 0.4) is 0 Å². The zero-order valence-electron chi connectivity index (χ0n) is 16.7. The smallest absolute Gasteiger partial charge is 0.243 e. The third kappa shape index (κ3) is 4.55. The maximum Gasteiger partial charge on any atom is 0.243 e. The van der Waals surface area contributed by atoms with E-state index in [1.807, 2.05) is 18.2 Å². The van der Waals surface area contributed by atoms with Gasteiger partial charge in [0.05, 0.1) is 4.90 Å². The maximum atomic E-state index is 13.2. The van der Waals surface area contributed by atoms with Crippen molar-refractivity contribution in [2.24, 2.45) is 0 Å². The summed E-state index contributed by atoms with van der Waals surface area (Å²) >= 11 is 0. The van der Waals surface area contributed by atoms with Crippen LogP contribution in [0.25, 0.3) is 0 Å². The van der Waals surface area contributed by atoms with Gasteiger partial charge in [0.25, 0.3) is 0 Å². The Morgan fingerprint density at radius 1 is 1.03 bits per heavy atom. The van der Waals surface area contributed by atoms with Crippen LogP contribution in [0.2, 0.25) is 0 Å². The second-order valence-electron chi connectivity index (χ2n) is 7.94. The number of carbonyl (C=O) groups excluding carboxylic acids is 1. The molecular formula is C22H26FN3O3S. The predicted octanol–water partition coefficient (Wildman–Crippen LogP) is 2.37. The van der Waals surface area contributed by atoms with Gasteiger partial charge in [0.2, 0.25) is 15.9 Å². The van der Waals surface area contributed by atoms with Crippen LogP contribution in [0.5, 0.6) is 0 Å². The van der Waals surface area contributed by atoms with Crippen molar-refractivity contribution in [3.8, 4) is 0 Å². The lowest BCUT2D eigenvalue weighted by atomic mass is 10.2. The van der Waals surface area contributed by atoms with Gasteiger partial charge >= 0.3 is 0 Å². The number of amides is 1. The van der Waals surface area contributed by atoms with E-state index in [9.17, 15) is 17.6 Å². The molecule has 0 aromatic heterocycles. The highest BCUT2D eigenvalue weighted by atomic mass is 32.2. The number of hydrogen-bond acceptors (Lipinski definition) is 4. The number of hydrogen-bond donors (Lipinski definition) is 1. The molecule has 2 aromatic rings. The average molecular weight is 432 g/mol. The second kappa shape index (κ2) is 8.83. The third-order valence-electron chi connectivity index (χ3n) is 5.79. The molecule has 2 aliphatic heterocycles. The molecular weight excluding hydrogens is 405 g/mol. The third-order valence-corrected chi connectivity index (χ3v) is 7.72. The molecule has 30 heavy (non-hydrogen) atoms. The van der Waals surface area contributed by atoms with Crippen LogP contribution in [-0.4, -0.2) is 55.2 Å². The quantitative estimate of drug-likeness (QED) is 0.763. The van der Waals surface area contributed by atoms with E-state index in [-0.39, 0.29) is 16.8 Å². The van der Waals surface area contributed by atoms with Gasteiger partial charge in [-0.05, 0) is 49.1 Å². The normalized spacial score (nSPS) is 23.0. The molecule has 0 unspecified atom stereocenters. The molecule has 2 aromatic carbocycles. The molecule has 0 saturated carbocycles. The van der Waals surface area contributed by atoms with Crippen LogP contribution in [0.4, 0.5) is 4.39 Å². The lowest BCUT2D eigenvalue weighted by Crippen LogP contribution is -2.49. The highest BCUT2D eigenvalue weighted by molar-refractivity contribution is 7.89. The summed E-state index contributed by atoms with van der Waals surface area (Å²) in [7, 11) is -3.84. The van der Waals surface area contributed by atoms with Crippen LogP contribution in [0, 0.1) is 5.82 Å². The molecule has 2 fully saturated rings. The standard InChI is InChI=1S/C22H26FN3O3S/c23-18-8-10-20(11-9-18)30(28,29)26-13-4-7-21(26)22(27)24-19-12-14-25(16-19)15-17-5-2-1-3-6-17/h1-3,5-6,8-11,19,21H,4,7,12-16H2,(H,24,27)/t19-,21-/m1/s1. The number of rotatable bonds is 6. The van der Waals surface area contributed by atoms with Gasteiger partial charge in [-0.2, -0.15) is 4.31 Å². The number of nitrogens with zero attached hydrogens (tertiary/aromatic N) is 2. The molecule has 1 N–H and O–H groups in total. The van der Waals surface area contributed by atoms with E-state index in [1.165, 1.54) is 22.0 Å². The Morgan fingerprint density at radius 3 is 2.50 bits per heavy atom. The molecule has 8 heteroatoms. The van der Waals surface area contributed by atoms with Gasteiger partial charge in [0, 0.05) is 32.2 Å². The summed E-state index contributed by atoms with van der Waals surface area (Å²) in [5.41, 5.74) is 1.23. The van der Waals surface area contributed by atoms with E-state index in [2.05, 4.69) is 22.3 Å². The molecule has 2 heterocycles. The Hall–Kier alpha value is -2.29. The van der Waals surface area contributed by atoms with Crippen LogP contribution in [0.15, 0.2) is 59.5 Å². The number of nitrogens with one attached hydrogen (secondary N) is 1. The first-order valence-corrected chi connectivity index (χ1v) is 11.7. The zero-order chi connectivity index (χ0) is 21.1. The molecule has 6 nitrogen and oxygen atoms in total. The Kier molecular flexibility index (Phi) is 6.17. The van der Waals surface area contributed by atoms with Gasteiger partial charge in [0.15, 0.2) is 0 Å². The number of carbonyl (C=O) groups is 1. The summed E-state index contributed by atoms with van der Waals surface area (Å²) in [4.78, 5) is 15.2. The van der Waals surface area contributed by atoms with Crippen LogP contribution in [-0.2, 0) is 21.4 Å². The molecule has 1 amide bonds. The number of halogens is 1. The Labute approximate surface area is 176 Å². The number of sulfonamides is 1. The molecule has 2 atom stereocenters. The minimum atomic E-state index is -3.84. The first-order valence-electron chi connectivity index (χ1n) is 10.3. The lowest BCUT2D eigenvalue weighted by molar-refractivity contribution is -0.124. The van der Waals surface area contributed by atoms with E-state index in [0.717, 1.165) is 38.2 Å². The van der Waals surface area contributed by atoms with Crippen molar-refractivity contribution in [1.82, 2.24) is 14.5 Å². The van der Waals surface area contributed by atoms with Gasteiger partial charge in [-0.15, -0.1) is 0 Å². The van der Waals surface area contributed by atoms with Crippen LogP contribution < -0.4 is 5.32 Å². The van der Waals surface area contributed by atoms with E-state index in [1.54, 1.807) is 0 Å². The van der Waals surface area contributed by atoms with Gasteiger partial charge in [0.1, 0.15) is 11.9 Å². The fourth-order valence-corrected chi connectivity index (χ4v) is 5.92. The minimum absolute atomic E-state index is 0.0113. The van der Waals surface area contributed by atoms with Crippen molar-refractivity contribution in [2.45, 2.75) is 42.8 Å². The second-order valence-corrected chi connectivity index (χ2v) is 9.83. The Bertz CT molecular complexity index is 982. The fourth-order valence-electron chi connectivity index (χ4n) is 4.26. The van der Waals surface area contributed by atoms with Crippen molar-refractivity contribution < 1.29 is 17.6 Å². The molecule has 160 valence electrons. The Morgan fingerprint density at radius 2 is 1.77 bits per heavy atom. The van der Waals surface area contributed by atoms with Crippen molar-refractivity contribution in [2.75, 3.05) is 19.6 Å². The molecule has 2 aliphatic rings. The SMILES string of the molecule is O=C(N[C@@H]1CCN(Cc2ccccc2)C1)[C@H]1CCCN1S(=O)(=O)c1ccc(F)cc1. The first-order chi connectivity index (χ1) is 14.4. The van der Waals surface area contributed by atoms with Crippen molar-refractivity contribution in [3.63, 3.8) is 0 Å². The summed E-state index contributed by atoms with van der Waals surface area (Å²) in [6.45, 7) is 2.77. The topological polar surface area (TPSA) is 69.7 Å². The maximum absolute atomic E-state index is 13.2. The summed E-state index contributed by atoms with van der Waals surface area (Å²) in [5.74, 6) is -0.740. The van der Waals surface area contributed by atoms with E-state index in [0.29, 0.717) is 19.4 Å². The number of likely N-dealkylation sites (tertiary alicyclic amines) is 1. The molecule has 0 bridgehead atoms. The summed E-state index contributed by atoms with van der Waals surface area (Å²) < 4.78 is 40.4. The Balaban J connectivity index is 1.38. The van der Waals surface area contributed by atoms with E-state index >= 15 is 0 Å². The monoisotopic (exact) mass is 431 g/mol. The van der Waals surface area contributed by atoms with Gasteiger partial charge in [-0.1, -0.05) is 30.3 Å². The first kappa shape index (κ1) is 21.0. The lowest BCUT2D eigenvalue weighted by Gasteiger charge is -2.25. The van der Waals surface area contributed by atoms with E-state index < -0.39 is 21.9 Å². The highest BCUT2D eigenvalue weighted by Gasteiger charge is 2.40. The number of benzene rings is 2. The predicted molar refractivity (Wildman–Crippen MR) is 112 cm³/mol. The molecule has 2 saturated heterocycles. The minimum Gasteiger partial charge on any atom is -0.351 e. The van der Waals surface area contributed by atoms with E-state index in [4.69, 9.17) is 0 Å². The largest absolute Gasteiger partial charge is 0.351 e. The van der Waals surface area contributed by atoms with Crippen molar-refractivity contribution in [1.29, 1.82) is 0 Å². The summed E-state index contributed by atoms with van der Waals surface area (Å²) in [6, 6.07) is 14.2. The van der Waals surface area contributed by atoms with Crippen molar-refractivity contribution in [3.05, 3.63) is 66.0 Å². The van der Waals surface area contributed by atoms with Gasteiger partial charge in [-0.25, -0.2) is 12.8 Å². The van der Waals surface area contributed by atoms with Gasteiger partial charge < -0.3 is 5.32 Å². The highest BCUT2D eigenvalue weighted by Crippen LogP contribution is 2.27. The molecule has 0 spiro atoms. The van der Waals surface area contributed by atoms with Crippen molar-refractivity contribution >= 4 is 15.9 Å². The van der Waals surface area contributed by atoms with Crippen LogP contribution in [0.1, 0.15) is 24.8 Å². The average Bonchev–Trinajstić information content (AvgIpc) is 3.39. The molecule has 0 radical (unpaired) electrons. The van der Waals surface area contributed by atoms with Gasteiger partial charge in [-0.3, -0.25) is 9.69 Å². The van der Waals surface area contributed by atoms with Crippen LogP contribution >= 0.6 is 0 Å². The zero-order valence-corrected chi connectivity index (χ0v) is 17.5. The fraction of sp³-hybridized carbons (Fsp3) is 0.409.